The molecule has 2 saturated carbocycles. The lowest BCUT2D eigenvalue weighted by molar-refractivity contribution is -0.189. The molecule has 28 heavy (non-hydrogen) atoms. The minimum atomic E-state index is -0.655. The maximum Gasteiger partial charge on any atom is 0.330 e. The number of esters is 1. The fraction of sp³-hybridized carbons (Fsp3) is 0.750. The Labute approximate surface area is 163 Å². The van der Waals surface area contributed by atoms with E-state index < -0.39 is 23.5 Å². The molecule has 0 spiro atoms. The lowest BCUT2D eigenvalue weighted by Gasteiger charge is -2.38. The van der Waals surface area contributed by atoms with Crippen LogP contribution in [0, 0.1) is 23.7 Å². The van der Waals surface area contributed by atoms with Gasteiger partial charge in [-0.25, -0.2) is 4.79 Å². The van der Waals surface area contributed by atoms with Crippen LogP contribution >= 0.6 is 0 Å². The Morgan fingerprint density at radius 1 is 1.29 bits per heavy atom. The van der Waals surface area contributed by atoms with E-state index in [0.29, 0.717) is 11.5 Å². The molecule has 0 radical (unpaired) electrons. The summed E-state index contributed by atoms with van der Waals surface area (Å²) in [6, 6.07) is -0.588. The summed E-state index contributed by atoms with van der Waals surface area (Å²) in [6.45, 7) is 8.42. The molecule has 8 nitrogen and oxygen atoms in total. The number of carbonyl (C=O) groups is 1. The summed E-state index contributed by atoms with van der Waals surface area (Å²) in [5.74, 6) is 0.275. The van der Waals surface area contributed by atoms with Gasteiger partial charge in [0.25, 0.3) is 5.56 Å². The van der Waals surface area contributed by atoms with Crippen molar-refractivity contribution in [1.29, 1.82) is 0 Å². The van der Waals surface area contributed by atoms with E-state index >= 15 is 0 Å². The zero-order valence-corrected chi connectivity index (χ0v) is 17.2. The third kappa shape index (κ3) is 2.69. The van der Waals surface area contributed by atoms with Gasteiger partial charge in [-0.3, -0.25) is 24.0 Å². The number of aromatic nitrogens is 2. The molecule has 2 bridgehead atoms. The number of ether oxygens (including phenoxy) is 1. The number of aryl methyl sites for hydroxylation is 1. The largest absolute Gasteiger partial charge is 0.461 e. The van der Waals surface area contributed by atoms with Crippen LogP contribution in [0.15, 0.2) is 15.8 Å². The highest BCUT2D eigenvalue weighted by Gasteiger charge is 2.63. The van der Waals surface area contributed by atoms with Crippen LogP contribution in [0.5, 0.6) is 0 Å². The first-order valence-electron chi connectivity index (χ1n) is 9.97. The van der Waals surface area contributed by atoms with Gasteiger partial charge in [0, 0.05) is 30.6 Å². The first-order chi connectivity index (χ1) is 13.0. The molecule has 154 valence electrons. The van der Waals surface area contributed by atoms with Gasteiger partial charge in [0.15, 0.2) is 6.23 Å². The van der Waals surface area contributed by atoms with E-state index in [2.05, 4.69) is 25.8 Å². The second-order valence-electron chi connectivity index (χ2n) is 9.37. The van der Waals surface area contributed by atoms with Gasteiger partial charge in [0.2, 0.25) is 0 Å². The highest BCUT2D eigenvalue weighted by atomic mass is 16.7. The van der Waals surface area contributed by atoms with E-state index in [1.54, 1.807) is 14.0 Å². The quantitative estimate of drug-likeness (QED) is 0.789. The highest BCUT2D eigenvalue weighted by Crippen LogP contribution is 2.66. The van der Waals surface area contributed by atoms with E-state index in [-0.39, 0.29) is 29.3 Å². The van der Waals surface area contributed by atoms with Crippen molar-refractivity contribution in [1.82, 2.24) is 14.6 Å². The van der Waals surface area contributed by atoms with Gasteiger partial charge in [-0.1, -0.05) is 20.8 Å². The molecule has 2 aliphatic carbocycles. The summed E-state index contributed by atoms with van der Waals surface area (Å²) < 4.78 is 7.31. The van der Waals surface area contributed by atoms with E-state index in [1.165, 1.54) is 22.2 Å². The lowest BCUT2D eigenvalue weighted by atomic mass is 9.70. The summed E-state index contributed by atoms with van der Waals surface area (Å²) >= 11 is 0. The molecular weight excluding hydrogens is 362 g/mol. The van der Waals surface area contributed by atoms with Crippen LogP contribution in [0.3, 0.4) is 0 Å². The van der Waals surface area contributed by atoms with Gasteiger partial charge < -0.3 is 4.74 Å². The van der Waals surface area contributed by atoms with Crippen molar-refractivity contribution in [3.05, 3.63) is 32.6 Å². The molecule has 1 aromatic rings. The Kier molecular flexibility index (Phi) is 4.35. The van der Waals surface area contributed by atoms with Gasteiger partial charge in [-0.15, -0.1) is 0 Å². The van der Waals surface area contributed by atoms with E-state index in [1.807, 2.05) is 0 Å². The van der Waals surface area contributed by atoms with E-state index in [4.69, 9.17) is 9.57 Å². The number of hydroxylamine groups is 2. The molecule has 1 saturated heterocycles. The predicted molar refractivity (Wildman–Crippen MR) is 101 cm³/mol. The number of hydrogen-bond acceptors (Lipinski definition) is 6. The van der Waals surface area contributed by atoms with Gasteiger partial charge in [0.1, 0.15) is 12.1 Å². The molecule has 0 aromatic carbocycles. The van der Waals surface area contributed by atoms with Gasteiger partial charge in [-0.2, -0.15) is 5.06 Å². The summed E-state index contributed by atoms with van der Waals surface area (Å²) in [5.41, 5.74) is -0.396. The van der Waals surface area contributed by atoms with Crippen molar-refractivity contribution in [2.75, 3.05) is 7.05 Å². The van der Waals surface area contributed by atoms with Crippen LogP contribution in [0.2, 0.25) is 0 Å². The first-order valence-corrected chi connectivity index (χ1v) is 9.97. The van der Waals surface area contributed by atoms with Crippen molar-refractivity contribution in [2.24, 2.45) is 16.7 Å². The summed E-state index contributed by atoms with van der Waals surface area (Å²) in [6.07, 6.45) is 4.20. The number of aromatic amines is 1. The fourth-order valence-electron chi connectivity index (χ4n) is 5.38. The lowest BCUT2D eigenvalue weighted by Crippen LogP contribution is -2.42. The van der Waals surface area contributed by atoms with Crippen LogP contribution in [-0.2, 0) is 14.4 Å². The molecule has 8 heteroatoms. The molecule has 5 atom stereocenters. The minimum Gasteiger partial charge on any atom is -0.461 e. The monoisotopic (exact) mass is 391 g/mol. The number of H-pyrrole nitrogens is 1. The summed E-state index contributed by atoms with van der Waals surface area (Å²) in [7, 11) is 1.67. The smallest absolute Gasteiger partial charge is 0.330 e. The number of hydrogen-bond donors (Lipinski definition) is 1. The Bertz CT molecular complexity index is 919. The Morgan fingerprint density at radius 2 is 2.00 bits per heavy atom. The maximum absolute atomic E-state index is 12.9. The van der Waals surface area contributed by atoms with Gasteiger partial charge in [0.05, 0.1) is 0 Å². The normalized spacial score (nSPS) is 36.8. The zero-order valence-electron chi connectivity index (χ0n) is 17.2. The molecule has 1 N–H and O–H groups in total. The number of rotatable bonds is 3. The van der Waals surface area contributed by atoms with Crippen LogP contribution in [0.25, 0.3) is 0 Å². The SMILES string of the molecule is Cc1cn([C@H]2C[C@@H](C(=O)O[C@@H]3C[C@@H]4CC[C@@]3(C)C4(C)C)N(C)O2)c(=O)[nH]c1=O. The van der Waals surface area contributed by atoms with Gasteiger partial charge in [-0.05, 0) is 37.5 Å². The summed E-state index contributed by atoms with van der Waals surface area (Å²) in [5, 5.41) is 1.46. The van der Waals surface area contributed by atoms with Gasteiger partial charge >= 0.3 is 11.7 Å². The average molecular weight is 391 g/mol. The minimum absolute atomic E-state index is 0.00225. The van der Waals surface area contributed by atoms with Crippen molar-refractivity contribution < 1.29 is 14.4 Å². The third-order valence-corrected chi connectivity index (χ3v) is 7.85. The zero-order chi connectivity index (χ0) is 20.4. The summed E-state index contributed by atoms with van der Waals surface area (Å²) in [4.78, 5) is 44.7. The average Bonchev–Trinajstić information content (AvgIpc) is 3.16. The molecule has 4 rings (SSSR count). The number of nitrogens with one attached hydrogen (secondary N) is 1. The highest BCUT2D eigenvalue weighted by molar-refractivity contribution is 5.76. The Hall–Kier alpha value is -1.93. The number of carbonyl (C=O) groups excluding carboxylic acids is 1. The molecule has 0 unspecified atom stereocenters. The van der Waals surface area contributed by atoms with Crippen molar-refractivity contribution in [3.8, 4) is 0 Å². The van der Waals surface area contributed by atoms with Crippen molar-refractivity contribution >= 4 is 5.97 Å². The third-order valence-electron chi connectivity index (χ3n) is 7.85. The second kappa shape index (κ2) is 6.29. The molecular formula is C20H29N3O5. The van der Waals surface area contributed by atoms with Crippen LogP contribution in [0.1, 0.15) is 58.2 Å². The molecule has 0 amide bonds. The molecule has 2 heterocycles. The molecule has 1 aliphatic heterocycles. The Balaban J connectivity index is 1.49. The molecule has 3 fully saturated rings. The topological polar surface area (TPSA) is 93.6 Å². The molecule has 3 aliphatic rings. The van der Waals surface area contributed by atoms with E-state index in [0.717, 1.165) is 12.8 Å². The predicted octanol–water partition coefficient (Wildman–Crippen LogP) is 1.74. The first kappa shape index (κ1) is 19.4. The number of likely N-dealkylation sites (N-methyl/N-ethyl adjacent to an activating group) is 1. The van der Waals surface area contributed by atoms with Crippen LogP contribution < -0.4 is 11.2 Å². The van der Waals surface area contributed by atoms with Crippen molar-refractivity contribution in [3.63, 3.8) is 0 Å². The molecule has 1 aromatic heterocycles. The van der Waals surface area contributed by atoms with E-state index in [9.17, 15) is 14.4 Å². The fourth-order valence-corrected chi connectivity index (χ4v) is 5.38. The maximum atomic E-state index is 12.9. The number of fused-ring (bicyclic) bond motifs is 2. The van der Waals surface area contributed by atoms with Crippen LogP contribution in [0.4, 0.5) is 0 Å². The standard InChI is InChI=1S/C20H29N3O5/c1-11-10-23(18(26)21-16(11)24)15-9-13(22(5)28-15)17(25)27-14-8-12-6-7-20(14,4)19(12,2)3/h10,12-15H,6-9H2,1-5H3,(H,21,24,26)/t12-,13-,14+,15+,20+/m0/s1. The Morgan fingerprint density at radius 3 is 2.61 bits per heavy atom. The van der Waals surface area contributed by atoms with Crippen molar-refractivity contribution in [2.45, 2.75) is 71.8 Å². The van der Waals surface area contributed by atoms with Crippen LogP contribution in [-0.4, -0.2) is 39.8 Å². The number of nitrogens with zero attached hydrogens (tertiary/aromatic N) is 2. The second-order valence-corrected chi connectivity index (χ2v) is 9.37.